The van der Waals surface area contributed by atoms with Crippen LogP contribution in [0.2, 0.25) is 5.15 Å². The number of carbonyl (C=O) groups is 2. The molecule has 0 spiro atoms. The molecule has 10 nitrogen and oxygen atoms in total. The van der Waals surface area contributed by atoms with E-state index in [-0.39, 0.29) is 41.3 Å². The van der Waals surface area contributed by atoms with Crippen molar-refractivity contribution in [3.05, 3.63) is 76.5 Å². The summed E-state index contributed by atoms with van der Waals surface area (Å²) in [7, 11) is 0. The van der Waals surface area contributed by atoms with E-state index < -0.39 is 23.4 Å². The van der Waals surface area contributed by atoms with E-state index in [1.165, 1.54) is 12.1 Å². The molecule has 276 valence electrons. The first-order valence-electron chi connectivity index (χ1n) is 19.0. The van der Waals surface area contributed by atoms with Crippen LogP contribution in [-0.2, 0) is 17.0 Å². The maximum absolute atomic E-state index is 16.7. The minimum absolute atomic E-state index is 0.00199. The molecule has 1 aromatic carbocycles. The minimum atomic E-state index is -2.34. The lowest BCUT2D eigenvalue weighted by Crippen LogP contribution is -2.51. The normalized spacial score (nSPS) is 26.7. The highest BCUT2D eigenvalue weighted by Crippen LogP contribution is 2.44. The molecule has 4 bridgehead atoms. The second-order valence-corrected chi connectivity index (χ2v) is 15.9. The van der Waals surface area contributed by atoms with Gasteiger partial charge in [-0.2, -0.15) is 0 Å². The lowest BCUT2D eigenvalue weighted by molar-refractivity contribution is -0.135. The molecule has 0 unspecified atom stereocenters. The molecule has 9 rings (SSSR count). The number of benzene rings is 1. The third-order valence-corrected chi connectivity index (χ3v) is 12.2. The summed E-state index contributed by atoms with van der Waals surface area (Å²) < 4.78 is 37.1. The van der Waals surface area contributed by atoms with Gasteiger partial charge < -0.3 is 25.1 Å². The van der Waals surface area contributed by atoms with Crippen molar-refractivity contribution in [2.24, 2.45) is 11.7 Å². The monoisotopic (exact) mass is 740 g/mol. The van der Waals surface area contributed by atoms with Crippen molar-refractivity contribution in [2.45, 2.75) is 108 Å². The quantitative estimate of drug-likeness (QED) is 0.184. The van der Waals surface area contributed by atoms with Crippen molar-refractivity contribution in [3.8, 4) is 11.5 Å². The number of imidazole rings is 1. The zero-order chi connectivity index (χ0) is 36.6. The van der Waals surface area contributed by atoms with Crippen LogP contribution in [0.25, 0.3) is 33.6 Å². The smallest absolute Gasteiger partial charge is 0.264 e. The van der Waals surface area contributed by atoms with E-state index >= 15 is 8.78 Å². The first-order valence-corrected chi connectivity index (χ1v) is 19.4. The van der Waals surface area contributed by atoms with E-state index in [1.807, 2.05) is 27.7 Å². The van der Waals surface area contributed by atoms with Gasteiger partial charge in [0.05, 0.1) is 28.6 Å². The fourth-order valence-corrected chi connectivity index (χ4v) is 9.10. The second-order valence-electron chi connectivity index (χ2n) is 15.5. The number of likely N-dealkylation sites (tertiary alicyclic amines) is 1. The number of nitrogens with one attached hydrogen (secondary N) is 1. The molecule has 53 heavy (non-hydrogen) atoms. The van der Waals surface area contributed by atoms with Crippen molar-refractivity contribution < 1.29 is 18.4 Å². The lowest BCUT2D eigenvalue weighted by atomic mass is 9.92. The summed E-state index contributed by atoms with van der Waals surface area (Å²) in [5.41, 5.74) is 7.34. The Hall–Kier alpha value is -4.42. The third kappa shape index (κ3) is 5.98. The molecule has 2 amide bonds. The van der Waals surface area contributed by atoms with Gasteiger partial charge in [0.15, 0.2) is 5.82 Å². The largest absolute Gasteiger partial charge is 0.345 e. The average molecular weight is 741 g/mol. The molecule has 2 aliphatic heterocycles. The van der Waals surface area contributed by atoms with Gasteiger partial charge in [0, 0.05) is 42.2 Å². The van der Waals surface area contributed by atoms with Gasteiger partial charge in [-0.05, 0) is 107 Å². The number of carbonyl (C=O) groups excluding carboxylic acids is 2. The number of hydrogen-bond acceptors (Lipinski definition) is 6. The SMILES string of the molecule is C[C@H]1NC(=O)[C@](F)(c2cccc(Cl)n2)CCCCCCn2c(-c3nc4cc(C(=O)N5C[C@H](N)[C@@H]6CC[C@H]5C6)cc(F)c4n3C3CC3)cc3ccc1nc32. The van der Waals surface area contributed by atoms with E-state index in [1.54, 1.807) is 25.1 Å². The molecular formula is C40H43ClF2N8O2. The molecule has 4 aromatic heterocycles. The van der Waals surface area contributed by atoms with Gasteiger partial charge in [-0.15, -0.1) is 0 Å². The molecule has 5 aromatic rings. The van der Waals surface area contributed by atoms with Crippen LogP contribution in [-0.4, -0.2) is 59.4 Å². The Labute approximate surface area is 311 Å². The third-order valence-electron chi connectivity index (χ3n) is 12.0. The Morgan fingerprint density at radius 2 is 1.81 bits per heavy atom. The molecule has 13 heteroatoms. The zero-order valence-corrected chi connectivity index (χ0v) is 30.5. The van der Waals surface area contributed by atoms with Gasteiger partial charge in [0.25, 0.3) is 11.8 Å². The van der Waals surface area contributed by atoms with Crippen LogP contribution in [0, 0.1) is 11.7 Å². The van der Waals surface area contributed by atoms with Gasteiger partial charge in [-0.1, -0.05) is 30.5 Å². The van der Waals surface area contributed by atoms with Crippen LogP contribution < -0.4 is 11.1 Å². The van der Waals surface area contributed by atoms with E-state index in [0.29, 0.717) is 65.6 Å². The van der Waals surface area contributed by atoms with Crippen molar-refractivity contribution >= 4 is 45.5 Å². The van der Waals surface area contributed by atoms with Crippen LogP contribution in [0.3, 0.4) is 0 Å². The van der Waals surface area contributed by atoms with Crippen LogP contribution in [0.4, 0.5) is 8.78 Å². The van der Waals surface area contributed by atoms with Crippen molar-refractivity contribution in [1.29, 1.82) is 0 Å². The number of halogens is 3. The van der Waals surface area contributed by atoms with Gasteiger partial charge >= 0.3 is 0 Å². The van der Waals surface area contributed by atoms with E-state index in [9.17, 15) is 9.59 Å². The van der Waals surface area contributed by atoms with Crippen molar-refractivity contribution in [2.75, 3.05) is 6.54 Å². The number of aromatic nitrogens is 5. The number of nitrogens with zero attached hydrogens (tertiary/aromatic N) is 6. The average Bonchev–Trinajstić information content (AvgIpc) is 3.61. The summed E-state index contributed by atoms with van der Waals surface area (Å²) >= 11 is 6.11. The number of aryl methyl sites for hydroxylation is 1. The molecule has 6 heterocycles. The van der Waals surface area contributed by atoms with Crippen LogP contribution in [0.15, 0.2) is 48.5 Å². The Kier molecular flexibility index (Phi) is 8.53. The standard InChI is InChI=1S/C40H43ClF2N8O2/c1-22-30-14-10-24-20-32(49(36(24)46-30)16-5-3-2-4-15-40(43,39(53)45-22)33-7-6-8-34(41)48-33)37-47-31-19-25(18-28(42)35(31)51(37)26-12-13-26)38(52)50-21-29(44)23-9-11-27(50)17-23/h6-8,10,14,18-20,22-23,26-27,29H,2-5,9,11-13,15-17,21,44H2,1H3,(H,45,53)/t22-,23-,27+,29+,40-/m1/s1. The van der Waals surface area contributed by atoms with Crippen LogP contribution >= 0.6 is 11.6 Å². The Balaban J connectivity index is 1.10. The van der Waals surface area contributed by atoms with E-state index in [4.69, 9.17) is 27.3 Å². The maximum atomic E-state index is 16.7. The molecule has 4 aliphatic rings. The summed E-state index contributed by atoms with van der Waals surface area (Å²) in [6.45, 7) is 2.89. The zero-order valence-electron chi connectivity index (χ0n) is 29.7. The van der Waals surface area contributed by atoms with E-state index in [0.717, 1.165) is 56.0 Å². The topological polar surface area (TPSA) is 124 Å². The Morgan fingerprint density at radius 3 is 2.62 bits per heavy atom. The van der Waals surface area contributed by atoms with Gasteiger partial charge in [0.2, 0.25) is 5.67 Å². The molecule has 3 N–H and O–H groups in total. The number of pyridine rings is 2. The molecule has 3 fully saturated rings. The second kappa shape index (κ2) is 13.2. The lowest BCUT2D eigenvalue weighted by Gasteiger charge is -2.37. The van der Waals surface area contributed by atoms with Gasteiger partial charge in [-0.25, -0.2) is 23.7 Å². The van der Waals surface area contributed by atoms with Crippen LogP contribution in [0.1, 0.15) is 105 Å². The molecule has 1 saturated heterocycles. The number of amides is 2. The fourth-order valence-electron chi connectivity index (χ4n) is 8.94. The summed E-state index contributed by atoms with van der Waals surface area (Å²) in [6.07, 6.45) is 7.39. The number of rotatable bonds is 4. The highest BCUT2D eigenvalue weighted by Gasteiger charge is 2.43. The van der Waals surface area contributed by atoms with Crippen molar-refractivity contribution in [3.63, 3.8) is 0 Å². The first-order chi connectivity index (χ1) is 25.6. The molecule has 0 radical (unpaired) electrons. The summed E-state index contributed by atoms with van der Waals surface area (Å²) in [4.78, 5) is 43.6. The van der Waals surface area contributed by atoms with Gasteiger partial charge in [-0.3, -0.25) is 9.59 Å². The minimum Gasteiger partial charge on any atom is -0.345 e. The maximum Gasteiger partial charge on any atom is 0.264 e. The Morgan fingerprint density at radius 1 is 1.00 bits per heavy atom. The molecule has 5 atom stereocenters. The van der Waals surface area contributed by atoms with E-state index in [2.05, 4.69) is 14.9 Å². The molecule has 2 saturated carbocycles. The highest BCUT2D eigenvalue weighted by atomic mass is 35.5. The fraction of sp³-hybridized carbons (Fsp3) is 0.475. The summed E-state index contributed by atoms with van der Waals surface area (Å²) in [6, 6.07) is 13.2. The number of hydrogen-bond donors (Lipinski definition) is 2. The molecular weight excluding hydrogens is 698 g/mol. The highest BCUT2D eigenvalue weighted by molar-refractivity contribution is 6.29. The van der Waals surface area contributed by atoms with Crippen molar-refractivity contribution in [1.82, 2.24) is 34.3 Å². The van der Waals surface area contributed by atoms with Crippen LogP contribution in [0.5, 0.6) is 0 Å². The predicted octanol–water partition coefficient (Wildman–Crippen LogP) is 7.53. The first kappa shape index (κ1) is 34.4. The number of piperidine rings is 1. The summed E-state index contributed by atoms with van der Waals surface area (Å²) in [5, 5.41) is 3.87. The number of alkyl halides is 1. The van der Waals surface area contributed by atoms with Gasteiger partial charge in [0.1, 0.15) is 22.1 Å². The number of nitrogens with two attached hydrogens (primary N) is 1. The Bertz CT molecular complexity index is 2270. The predicted molar refractivity (Wildman–Crippen MR) is 199 cm³/mol. The molecule has 2 aliphatic carbocycles. The number of fused-ring (bicyclic) bond motifs is 4. The summed E-state index contributed by atoms with van der Waals surface area (Å²) in [5.74, 6) is -0.335.